The molecule has 0 amide bonds. The van der Waals surface area contributed by atoms with Crippen LogP contribution in [0, 0.1) is 28.2 Å². The molecule has 4 nitrogen and oxygen atoms in total. The highest BCUT2D eigenvalue weighted by Gasteiger charge is 2.64. The molecule has 0 aromatic carbocycles. The van der Waals surface area contributed by atoms with E-state index in [1.807, 2.05) is 13.8 Å². The van der Waals surface area contributed by atoms with Gasteiger partial charge in [0, 0.05) is 5.92 Å². The Kier molecular flexibility index (Phi) is 4.76. The molecular weight excluding hydrogens is 344 g/mol. The van der Waals surface area contributed by atoms with Crippen molar-refractivity contribution in [2.75, 3.05) is 6.61 Å². The second-order valence-electron chi connectivity index (χ2n) is 10.6. The molecule has 3 aliphatic rings. The lowest BCUT2D eigenvalue weighted by atomic mass is 9.52. The van der Waals surface area contributed by atoms with Gasteiger partial charge in [-0.1, -0.05) is 39.4 Å². The summed E-state index contributed by atoms with van der Waals surface area (Å²) in [5.74, 6) is 2.92. The van der Waals surface area contributed by atoms with Crippen LogP contribution in [-0.2, 0) is 19.0 Å². The summed E-state index contributed by atoms with van der Waals surface area (Å²) in [6.45, 7) is 17.4. The summed E-state index contributed by atoms with van der Waals surface area (Å²) in [6.07, 6.45) is 1.39. The molecule has 2 aliphatic heterocycles. The van der Waals surface area contributed by atoms with Crippen molar-refractivity contribution in [1.82, 2.24) is 0 Å². The third-order valence-electron chi connectivity index (χ3n) is 6.27. The first-order chi connectivity index (χ1) is 11.8. The van der Waals surface area contributed by atoms with Crippen LogP contribution in [0.2, 0.25) is 19.6 Å². The number of carbonyl (C=O) groups is 1. The van der Waals surface area contributed by atoms with Gasteiger partial charge in [0.1, 0.15) is 26.9 Å². The van der Waals surface area contributed by atoms with Gasteiger partial charge in [-0.25, -0.2) is 0 Å². The monoisotopic (exact) mass is 378 g/mol. The fourth-order valence-electron chi connectivity index (χ4n) is 5.13. The fourth-order valence-corrected chi connectivity index (χ4v) is 5.71. The van der Waals surface area contributed by atoms with Gasteiger partial charge < -0.3 is 14.2 Å². The summed E-state index contributed by atoms with van der Waals surface area (Å²) in [5, 5.41) is 0. The van der Waals surface area contributed by atoms with Gasteiger partial charge in [-0.3, -0.25) is 4.79 Å². The predicted octanol–water partition coefficient (Wildman–Crippen LogP) is 3.80. The smallest absolute Gasteiger partial charge is 0.167 e. The second-order valence-corrected chi connectivity index (χ2v) is 15.3. The van der Waals surface area contributed by atoms with Crippen molar-refractivity contribution in [1.29, 1.82) is 0 Å². The Morgan fingerprint density at radius 3 is 2.35 bits per heavy atom. The molecule has 0 radical (unpaired) electrons. The Balaban J connectivity index is 2.04. The molecule has 3 fully saturated rings. The number of ether oxygens (including phenoxy) is 3. The predicted molar refractivity (Wildman–Crippen MR) is 104 cm³/mol. The lowest BCUT2D eigenvalue weighted by Crippen LogP contribution is -2.57. The Hall–Kier alpha value is -0.673. The Labute approximate surface area is 159 Å². The highest BCUT2D eigenvalue weighted by Crippen LogP contribution is 2.58. The van der Waals surface area contributed by atoms with Gasteiger partial charge in [-0.05, 0) is 39.0 Å². The molecule has 1 saturated carbocycles. The zero-order valence-corrected chi connectivity index (χ0v) is 18.6. The number of hydrogen-bond donors (Lipinski definition) is 0. The first-order valence-corrected chi connectivity index (χ1v) is 13.3. The molecule has 3 rings (SSSR count). The Bertz CT molecular complexity index is 651. The van der Waals surface area contributed by atoms with Gasteiger partial charge in [0.15, 0.2) is 11.6 Å². The van der Waals surface area contributed by atoms with E-state index >= 15 is 0 Å². The van der Waals surface area contributed by atoms with Crippen molar-refractivity contribution < 1.29 is 19.0 Å². The maximum Gasteiger partial charge on any atom is 0.167 e. The van der Waals surface area contributed by atoms with Crippen LogP contribution in [0.5, 0.6) is 0 Å². The van der Waals surface area contributed by atoms with Crippen molar-refractivity contribution in [2.45, 2.75) is 91.2 Å². The molecule has 0 unspecified atom stereocenters. The standard InChI is InChI=1S/C21H34O4Si/c1-19(2)11-9-16-21(5,15(22)13-23-16)18(19)17-14(10-12-26(6,7)8)24-20(3,4)25-17/h14,16-18H,9,11,13H2,1-8H3/t14-,16-,17-,18-,21-/m0/s1. The first-order valence-electron chi connectivity index (χ1n) is 9.79. The minimum atomic E-state index is -1.53. The van der Waals surface area contributed by atoms with Gasteiger partial charge in [-0.15, -0.1) is 5.54 Å². The summed E-state index contributed by atoms with van der Waals surface area (Å²) >= 11 is 0. The number of hydrogen-bond acceptors (Lipinski definition) is 4. The number of carbonyl (C=O) groups excluding carboxylic acids is 1. The van der Waals surface area contributed by atoms with Crippen LogP contribution in [0.3, 0.4) is 0 Å². The SMILES string of the molecule is CC1(C)O[C@H]([C@H]2C(C)(C)CC[C@@H]3OCC(=O)[C@@]32C)[C@H](C#C[Si](C)(C)C)O1. The van der Waals surface area contributed by atoms with Gasteiger partial charge in [0.2, 0.25) is 0 Å². The molecule has 0 N–H and O–H groups in total. The summed E-state index contributed by atoms with van der Waals surface area (Å²) in [4.78, 5) is 12.9. The van der Waals surface area contributed by atoms with Gasteiger partial charge in [0.05, 0.1) is 11.5 Å². The van der Waals surface area contributed by atoms with E-state index in [2.05, 4.69) is 51.9 Å². The number of rotatable bonds is 1. The second kappa shape index (κ2) is 6.17. The van der Waals surface area contributed by atoms with E-state index in [0.29, 0.717) is 0 Å². The van der Waals surface area contributed by atoms with Crippen LogP contribution in [0.25, 0.3) is 0 Å². The molecule has 1 aliphatic carbocycles. The zero-order valence-electron chi connectivity index (χ0n) is 17.6. The molecule has 2 saturated heterocycles. The fraction of sp³-hybridized carbons (Fsp3) is 0.857. The lowest BCUT2D eigenvalue weighted by Gasteiger charge is -2.52. The summed E-state index contributed by atoms with van der Waals surface area (Å²) < 4.78 is 18.5. The Morgan fingerprint density at radius 1 is 1.08 bits per heavy atom. The van der Waals surface area contributed by atoms with Gasteiger partial charge in [-0.2, -0.15) is 0 Å². The largest absolute Gasteiger partial charge is 0.369 e. The topological polar surface area (TPSA) is 44.8 Å². The number of ketones is 1. The van der Waals surface area contributed by atoms with Gasteiger partial charge in [0.25, 0.3) is 0 Å². The van der Waals surface area contributed by atoms with Gasteiger partial charge >= 0.3 is 0 Å². The molecular formula is C21H34O4Si. The highest BCUT2D eigenvalue weighted by atomic mass is 28.3. The summed E-state index contributed by atoms with van der Waals surface area (Å²) in [5.41, 5.74) is 2.88. The van der Waals surface area contributed by atoms with Crippen LogP contribution in [0.1, 0.15) is 47.5 Å². The average Bonchev–Trinajstić information content (AvgIpc) is 2.92. The quantitative estimate of drug-likeness (QED) is 0.514. The van der Waals surface area contributed by atoms with Crippen LogP contribution >= 0.6 is 0 Å². The van der Waals surface area contributed by atoms with Crippen LogP contribution in [0.15, 0.2) is 0 Å². The molecule has 0 aromatic rings. The van der Waals surface area contributed by atoms with Crippen LogP contribution in [-0.4, -0.2) is 44.6 Å². The summed E-state index contributed by atoms with van der Waals surface area (Å²) in [6, 6.07) is 0. The Morgan fingerprint density at radius 2 is 1.73 bits per heavy atom. The number of Topliss-reactive ketones (excluding diaryl/α,β-unsaturated/α-hetero) is 1. The maximum absolute atomic E-state index is 12.9. The van der Waals surface area contributed by atoms with E-state index < -0.39 is 19.3 Å². The average molecular weight is 379 g/mol. The van der Waals surface area contributed by atoms with E-state index in [1.165, 1.54) is 0 Å². The summed E-state index contributed by atoms with van der Waals surface area (Å²) in [7, 11) is -1.53. The molecule has 5 atom stereocenters. The van der Waals surface area contributed by atoms with E-state index in [-0.39, 0.29) is 42.0 Å². The van der Waals surface area contributed by atoms with E-state index in [4.69, 9.17) is 14.2 Å². The highest BCUT2D eigenvalue weighted by molar-refractivity contribution is 6.83. The molecule has 146 valence electrons. The maximum atomic E-state index is 12.9. The lowest BCUT2D eigenvalue weighted by molar-refractivity contribution is -0.178. The zero-order chi connectivity index (χ0) is 19.5. The van der Waals surface area contributed by atoms with Crippen molar-refractivity contribution in [3.05, 3.63) is 0 Å². The minimum absolute atomic E-state index is 0.0199. The van der Waals surface area contributed by atoms with E-state index in [1.54, 1.807) is 0 Å². The molecule has 0 aromatic heterocycles. The first kappa shape index (κ1) is 20.1. The molecule has 2 heterocycles. The third-order valence-corrected chi connectivity index (χ3v) is 7.17. The minimum Gasteiger partial charge on any atom is -0.369 e. The van der Waals surface area contributed by atoms with Crippen molar-refractivity contribution in [3.8, 4) is 11.5 Å². The van der Waals surface area contributed by atoms with Crippen molar-refractivity contribution in [2.24, 2.45) is 16.7 Å². The molecule has 5 heteroatoms. The van der Waals surface area contributed by atoms with Crippen LogP contribution in [0.4, 0.5) is 0 Å². The van der Waals surface area contributed by atoms with Crippen LogP contribution < -0.4 is 0 Å². The third kappa shape index (κ3) is 3.42. The van der Waals surface area contributed by atoms with Crippen molar-refractivity contribution >= 4 is 13.9 Å². The van der Waals surface area contributed by atoms with E-state index in [0.717, 1.165) is 12.8 Å². The van der Waals surface area contributed by atoms with E-state index in [9.17, 15) is 4.79 Å². The normalized spacial score (nSPS) is 41.5. The molecule has 26 heavy (non-hydrogen) atoms. The molecule has 0 bridgehead atoms. The molecule has 0 spiro atoms. The number of fused-ring (bicyclic) bond motifs is 1. The van der Waals surface area contributed by atoms with Crippen molar-refractivity contribution in [3.63, 3.8) is 0 Å².